The monoisotopic (exact) mass is 332 g/mol. The Hall–Kier alpha value is -0.0200. The Kier molecular flexibility index (Phi) is 2.89. The van der Waals surface area contributed by atoms with E-state index in [0.717, 1.165) is 14.7 Å². The van der Waals surface area contributed by atoms with Crippen LogP contribution in [0.1, 0.15) is 30.9 Å². The molecule has 0 saturated heterocycles. The lowest BCUT2D eigenvalue weighted by Crippen LogP contribution is -2.05. The van der Waals surface area contributed by atoms with Gasteiger partial charge in [-0.3, -0.25) is 0 Å². The first-order valence-corrected chi connectivity index (χ1v) is 6.61. The van der Waals surface area contributed by atoms with E-state index in [1.165, 1.54) is 24.0 Å². The Balaban J connectivity index is 2.63. The fourth-order valence-corrected chi connectivity index (χ4v) is 3.08. The Bertz CT molecular complexity index is 409. The zero-order valence-corrected chi connectivity index (χ0v) is 12.3. The van der Waals surface area contributed by atoms with Crippen LogP contribution in [0.3, 0.4) is 0 Å². The van der Waals surface area contributed by atoms with Crippen molar-refractivity contribution in [2.75, 3.05) is 7.11 Å². The Morgan fingerprint density at radius 1 is 1.33 bits per heavy atom. The van der Waals surface area contributed by atoms with Gasteiger partial charge in [0, 0.05) is 10.0 Å². The standard InChI is InChI=1S/C12H14Br2O/c1-7-9(13)6-8(12(2)4-5-12)11(15-3)10(7)14/h6H,4-5H2,1-3H3. The number of ether oxygens (including phenoxy) is 1. The molecule has 0 heterocycles. The molecule has 0 aliphatic heterocycles. The molecule has 0 spiro atoms. The lowest BCUT2D eigenvalue weighted by Gasteiger charge is -2.18. The van der Waals surface area contributed by atoms with Gasteiger partial charge in [-0.25, -0.2) is 0 Å². The van der Waals surface area contributed by atoms with Crippen molar-refractivity contribution >= 4 is 31.9 Å². The van der Waals surface area contributed by atoms with Gasteiger partial charge >= 0.3 is 0 Å². The van der Waals surface area contributed by atoms with Crippen molar-refractivity contribution in [3.8, 4) is 5.75 Å². The SMILES string of the molecule is COc1c(C2(C)CC2)cc(Br)c(C)c1Br. The first-order valence-electron chi connectivity index (χ1n) is 5.02. The second-order valence-corrected chi connectivity index (χ2v) is 6.09. The van der Waals surface area contributed by atoms with Crippen LogP contribution >= 0.6 is 31.9 Å². The van der Waals surface area contributed by atoms with Gasteiger partial charge in [-0.15, -0.1) is 0 Å². The quantitative estimate of drug-likeness (QED) is 0.769. The van der Waals surface area contributed by atoms with Gasteiger partial charge in [-0.2, -0.15) is 0 Å². The van der Waals surface area contributed by atoms with Crippen LogP contribution in [-0.4, -0.2) is 7.11 Å². The summed E-state index contributed by atoms with van der Waals surface area (Å²) < 4.78 is 7.73. The summed E-state index contributed by atoms with van der Waals surface area (Å²) >= 11 is 7.20. The van der Waals surface area contributed by atoms with Gasteiger partial charge in [0.2, 0.25) is 0 Å². The van der Waals surface area contributed by atoms with Gasteiger partial charge in [0.15, 0.2) is 0 Å². The van der Waals surface area contributed by atoms with E-state index in [1.54, 1.807) is 7.11 Å². The van der Waals surface area contributed by atoms with Crippen molar-refractivity contribution in [2.45, 2.75) is 32.1 Å². The normalized spacial score (nSPS) is 17.7. The summed E-state index contributed by atoms with van der Waals surface area (Å²) in [6.07, 6.45) is 2.51. The molecule has 82 valence electrons. The first-order chi connectivity index (χ1) is 6.99. The molecule has 3 heteroatoms. The average Bonchev–Trinajstić information content (AvgIpc) is 2.94. The summed E-state index contributed by atoms with van der Waals surface area (Å²) in [6.45, 7) is 4.37. The van der Waals surface area contributed by atoms with Crippen molar-refractivity contribution in [3.05, 3.63) is 26.1 Å². The molecular formula is C12H14Br2O. The van der Waals surface area contributed by atoms with Crippen LogP contribution in [0.2, 0.25) is 0 Å². The molecule has 0 amide bonds. The summed E-state index contributed by atoms with van der Waals surface area (Å²) in [5.41, 5.74) is 2.83. The fraction of sp³-hybridized carbons (Fsp3) is 0.500. The summed E-state index contributed by atoms with van der Waals surface area (Å²) in [5.74, 6) is 0.996. The maximum absolute atomic E-state index is 5.51. The zero-order chi connectivity index (χ0) is 11.2. The van der Waals surface area contributed by atoms with Crippen LogP contribution in [0.15, 0.2) is 15.0 Å². The zero-order valence-electron chi connectivity index (χ0n) is 9.16. The highest BCUT2D eigenvalue weighted by Gasteiger charge is 2.42. The maximum Gasteiger partial charge on any atom is 0.137 e. The van der Waals surface area contributed by atoms with E-state index in [4.69, 9.17) is 4.74 Å². The van der Waals surface area contributed by atoms with Crippen molar-refractivity contribution in [2.24, 2.45) is 0 Å². The summed E-state index contributed by atoms with van der Waals surface area (Å²) in [7, 11) is 1.74. The van der Waals surface area contributed by atoms with Gasteiger partial charge in [0.25, 0.3) is 0 Å². The van der Waals surface area contributed by atoms with E-state index in [2.05, 4.69) is 51.8 Å². The van der Waals surface area contributed by atoms with Crippen molar-refractivity contribution in [1.29, 1.82) is 0 Å². The molecule has 0 bridgehead atoms. The highest BCUT2D eigenvalue weighted by atomic mass is 79.9. The second-order valence-electron chi connectivity index (χ2n) is 4.44. The number of hydrogen-bond donors (Lipinski definition) is 0. The minimum atomic E-state index is 0.323. The Labute approximate surface area is 107 Å². The molecular weight excluding hydrogens is 320 g/mol. The molecule has 1 aliphatic carbocycles. The van der Waals surface area contributed by atoms with E-state index in [1.807, 2.05) is 0 Å². The van der Waals surface area contributed by atoms with Gasteiger partial charge in [-0.1, -0.05) is 22.9 Å². The molecule has 0 unspecified atom stereocenters. The molecule has 1 nitrogen and oxygen atoms in total. The summed E-state index contributed by atoms with van der Waals surface area (Å²) in [4.78, 5) is 0. The van der Waals surface area contributed by atoms with Crippen LogP contribution in [0.25, 0.3) is 0 Å². The van der Waals surface area contributed by atoms with Crippen LogP contribution in [-0.2, 0) is 5.41 Å². The van der Waals surface area contributed by atoms with E-state index >= 15 is 0 Å². The molecule has 1 aromatic rings. The van der Waals surface area contributed by atoms with Crippen molar-refractivity contribution < 1.29 is 4.74 Å². The molecule has 0 atom stereocenters. The first kappa shape index (κ1) is 11.5. The van der Waals surface area contributed by atoms with Crippen LogP contribution in [0.4, 0.5) is 0 Å². The number of benzene rings is 1. The van der Waals surface area contributed by atoms with Crippen LogP contribution in [0, 0.1) is 6.92 Å². The van der Waals surface area contributed by atoms with Crippen molar-refractivity contribution in [3.63, 3.8) is 0 Å². The summed E-state index contributed by atoms with van der Waals surface area (Å²) in [5, 5.41) is 0. The maximum atomic E-state index is 5.51. The lowest BCUT2D eigenvalue weighted by atomic mass is 9.96. The minimum absolute atomic E-state index is 0.323. The van der Waals surface area contributed by atoms with Gasteiger partial charge in [0.1, 0.15) is 5.75 Å². The van der Waals surface area contributed by atoms with Crippen LogP contribution < -0.4 is 4.74 Å². The Morgan fingerprint density at radius 2 is 1.93 bits per heavy atom. The Morgan fingerprint density at radius 3 is 2.40 bits per heavy atom. The number of halogens is 2. The fourth-order valence-electron chi connectivity index (χ4n) is 1.80. The number of rotatable bonds is 2. The van der Waals surface area contributed by atoms with E-state index < -0.39 is 0 Å². The van der Waals surface area contributed by atoms with Gasteiger partial charge in [-0.05, 0) is 52.7 Å². The molecule has 1 fully saturated rings. The van der Waals surface area contributed by atoms with E-state index in [-0.39, 0.29) is 0 Å². The number of methoxy groups -OCH3 is 1. The predicted molar refractivity (Wildman–Crippen MR) is 69.7 cm³/mol. The third-order valence-electron chi connectivity index (χ3n) is 3.26. The average molecular weight is 334 g/mol. The predicted octanol–water partition coefficient (Wildman–Crippen LogP) is 4.58. The highest BCUT2D eigenvalue weighted by Crippen LogP contribution is 2.53. The molecule has 0 radical (unpaired) electrons. The molecule has 2 rings (SSSR count). The third kappa shape index (κ3) is 1.84. The smallest absolute Gasteiger partial charge is 0.137 e. The third-order valence-corrected chi connectivity index (χ3v) is 5.04. The highest BCUT2D eigenvalue weighted by molar-refractivity contribution is 9.11. The van der Waals surface area contributed by atoms with Crippen molar-refractivity contribution in [1.82, 2.24) is 0 Å². The summed E-state index contributed by atoms with van der Waals surface area (Å²) in [6, 6.07) is 2.20. The molecule has 0 N–H and O–H groups in total. The molecule has 1 aliphatic rings. The molecule has 15 heavy (non-hydrogen) atoms. The lowest BCUT2D eigenvalue weighted by molar-refractivity contribution is 0.402. The topological polar surface area (TPSA) is 9.23 Å². The van der Waals surface area contributed by atoms with E-state index in [9.17, 15) is 0 Å². The van der Waals surface area contributed by atoms with Gasteiger partial charge < -0.3 is 4.74 Å². The second kappa shape index (κ2) is 3.77. The molecule has 1 saturated carbocycles. The minimum Gasteiger partial charge on any atom is -0.495 e. The molecule has 0 aromatic heterocycles. The van der Waals surface area contributed by atoms with E-state index in [0.29, 0.717) is 5.41 Å². The van der Waals surface area contributed by atoms with Gasteiger partial charge in [0.05, 0.1) is 11.6 Å². The largest absolute Gasteiger partial charge is 0.495 e. The number of hydrogen-bond acceptors (Lipinski definition) is 1. The molecule has 1 aromatic carbocycles. The van der Waals surface area contributed by atoms with Crippen LogP contribution in [0.5, 0.6) is 5.75 Å².